The largest absolute Gasteiger partial charge is 0.478 e. The first kappa shape index (κ1) is 14.8. The molecule has 2 amide bonds. The second-order valence-electron chi connectivity index (χ2n) is 4.03. The van der Waals surface area contributed by atoms with Gasteiger partial charge in [-0.15, -0.1) is 0 Å². The van der Waals surface area contributed by atoms with Crippen molar-refractivity contribution >= 4 is 23.8 Å². The van der Waals surface area contributed by atoms with Gasteiger partial charge in [-0.3, -0.25) is 0 Å². The fraction of sp³-hybridized carbons (Fsp3) is 0.286. The van der Waals surface area contributed by atoms with Gasteiger partial charge in [0, 0.05) is 18.3 Å². The van der Waals surface area contributed by atoms with Crippen molar-refractivity contribution in [2.45, 2.75) is 19.8 Å². The number of carbonyl (C=O) groups is 2. The number of carbonyl (C=O) groups excluding carboxylic acids is 1. The number of aliphatic carboxylic acids is 1. The number of anilines is 1. The van der Waals surface area contributed by atoms with E-state index in [4.69, 9.17) is 5.11 Å². The van der Waals surface area contributed by atoms with Crippen molar-refractivity contribution in [2.24, 2.45) is 0 Å². The van der Waals surface area contributed by atoms with E-state index in [1.165, 1.54) is 6.08 Å². The molecule has 0 saturated heterocycles. The maximum atomic E-state index is 11.5. The molecule has 0 aliphatic heterocycles. The Balaban J connectivity index is 2.56. The number of nitrogens with one attached hydrogen (secondary N) is 2. The molecule has 19 heavy (non-hydrogen) atoms. The second-order valence-corrected chi connectivity index (χ2v) is 4.03. The lowest BCUT2D eigenvalue weighted by Gasteiger charge is -2.07. The second kappa shape index (κ2) is 7.92. The summed E-state index contributed by atoms with van der Waals surface area (Å²) < 4.78 is 0. The molecule has 1 rings (SSSR count). The predicted molar refractivity (Wildman–Crippen MR) is 75.0 cm³/mol. The van der Waals surface area contributed by atoms with Crippen molar-refractivity contribution < 1.29 is 14.7 Å². The van der Waals surface area contributed by atoms with Gasteiger partial charge in [0.15, 0.2) is 0 Å². The van der Waals surface area contributed by atoms with E-state index in [0.29, 0.717) is 17.8 Å². The summed E-state index contributed by atoms with van der Waals surface area (Å²) in [5.41, 5.74) is 1.34. The molecule has 0 radical (unpaired) electrons. The van der Waals surface area contributed by atoms with E-state index in [9.17, 15) is 9.59 Å². The van der Waals surface area contributed by atoms with Crippen molar-refractivity contribution in [1.29, 1.82) is 0 Å². The normalized spacial score (nSPS) is 10.4. The molecule has 0 unspecified atom stereocenters. The minimum atomic E-state index is -1.00. The highest BCUT2D eigenvalue weighted by atomic mass is 16.4. The maximum Gasteiger partial charge on any atom is 0.328 e. The first-order valence-corrected chi connectivity index (χ1v) is 6.17. The van der Waals surface area contributed by atoms with Gasteiger partial charge in [-0.1, -0.05) is 25.5 Å². The van der Waals surface area contributed by atoms with Crippen LogP contribution in [-0.4, -0.2) is 23.7 Å². The number of unbranched alkanes of at least 4 members (excludes halogenated alkanes) is 1. The predicted octanol–water partition coefficient (Wildman–Crippen LogP) is 2.71. The summed E-state index contributed by atoms with van der Waals surface area (Å²) in [6.07, 6.45) is 4.49. The maximum absolute atomic E-state index is 11.5. The number of carboxylic acid groups (broad SMARTS) is 1. The molecular formula is C14H18N2O3. The SMILES string of the molecule is CCCCNC(=O)Nc1cccc(C=CC(=O)O)c1. The molecule has 1 aromatic carbocycles. The van der Waals surface area contributed by atoms with E-state index in [0.717, 1.165) is 18.9 Å². The number of urea groups is 1. The highest BCUT2D eigenvalue weighted by molar-refractivity contribution is 5.90. The highest BCUT2D eigenvalue weighted by Gasteiger charge is 2.00. The molecule has 5 heteroatoms. The average Bonchev–Trinajstić information content (AvgIpc) is 2.37. The Hall–Kier alpha value is -2.30. The van der Waals surface area contributed by atoms with Crippen LogP contribution >= 0.6 is 0 Å². The summed E-state index contributed by atoms with van der Waals surface area (Å²) in [5.74, 6) is -1.00. The van der Waals surface area contributed by atoms with Crippen LogP contribution in [0, 0.1) is 0 Å². The number of benzene rings is 1. The van der Waals surface area contributed by atoms with Crippen molar-refractivity contribution in [1.82, 2.24) is 5.32 Å². The van der Waals surface area contributed by atoms with Crippen LogP contribution in [0.4, 0.5) is 10.5 Å². The number of hydrogen-bond acceptors (Lipinski definition) is 2. The number of carboxylic acids is 1. The van der Waals surface area contributed by atoms with Crippen molar-refractivity contribution in [3.8, 4) is 0 Å². The monoisotopic (exact) mass is 262 g/mol. The lowest BCUT2D eigenvalue weighted by atomic mass is 10.2. The van der Waals surface area contributed by atoms with E-state index in [1.54, 1.807) is 24.3 Å². The lowest BCUT2D eigenvalue weighted by molar-refractivity contribution is -0.131. The molecule has 5 nitrogen and oxygen atoms in total. The third kappa shape index (κ3) is 6.26. The Labute approximate surface area is 112 Å². The molecule has 0 spiro atoms. The third-order valence-corrected chi connectivity index (χ3v) is 2.38. The van der Waals surface area contributed by atoms with Gasteiger partial charge < -0.3 is 15.7 Å². The van der Waals surface area contributed by atoms with Crippen molar-refractivity contribution in [2.75, 3.05) is 11.9 Å². The zero-order valence-corrected chi connectivity index (χ0v) is 10.8. The molecule has 0 aliphatic carbocycles. The molecule has 3 N–H and O–H groups in total. The minimum absolute atomic E-state index is 0.257. The first-order chi connectivity index (χ1) is 9.11. The van der Waals surface area contributed by atoms with Crippen molar-refractivity contribution in [3.63, 3.8) is 0 Å². The van der Waals surface area contributed by atoms with Gasteiger partial charge in [-0.2, -0.15) is 0 Å². The van der Waals surface area contributed by atoms with Crippen LogP contribution in [0.5, 0.6) is 0 Å². The van der Waals surface area contributed by atoms with Crippen LogP contribution in [0.1, 0.15) is 25.3 Å². The van der Waals surface area contributed by atoms with Crippen LogP contribution in [-0.2, 0) is 4.79 Å². The molecule has 0 saturated carbocycles. The summed E-state index contributed by atoms with van der Waals surface area (Å²) in [6.45, 7) is 2.69. The van der Waals surface area contributed by atoms with Crippen LogP contribution in [0.15, 0.2) is 30.3 Å². The van der Waals surface area contributed by atoms with Crippen LogP contribution < -0.4 is 10.6 Å². The molecular weight excluding hydrogens is 244 g/mol. The van der Waals surface area contributed by atoms with Gasteiger partial charge >= 0.3 is 12.0 Å². The molecule has 0 heterocycles. The van der Waals surface area contributed by atoms with Gasteiger partial charge in [0.05, 0.1) is 0 Å². The molecule has 0 bridgehead atoms. The van der Waals surface area contributed by atoms with E-state index < -0.39 is 5.97 Å². The Morgan fingerprint density at radius 2 is 2.16 bits per heavy atom. The molecule has 0 fully saturated rings. The number of hydrogen-bond donors (Lipinski definition) is 3. The fourth-order valence-corrected chi connectivity index (χ4v) is 1.44. The molecule has 0 aliphatic rings. The topological polar surface area (TPSA) is 78.4 Å². The fourth-order valence-electron chi connectivity index (χ4n) is 1.44. The zero-order valence-electron chi connectivity index (χ0n) is 10.8. The molecule has 1 aromatic rings. The summed E-state index contributed by atoms with van der Waals surface area (Å²) in [7, 11) is 0. The third-order valence-electron chi connectivity index (χ3n) is 2.38. The summed E-state index contributed by atoms with van der Waals surface area (Å²) in [5, 5.41) is 14.0. The van der Waals surface area contributed by atoms with Crippen LogP contribution in [0.25, 0.3) is 6.08 Å². The standard InChI is InChI=1S/C14H18N2O3/c1-2-3-9-15-14(19)16-12-6-4-5-11(10-12)7-8-13(17)18/h4-8,10H,2-3,9H2,1H3,(H,17,18)(H2,15,16,19). The van der Waals surface area contributed by atoms with E-state index in [1.807, 2.05) is 0 Å². The summed E-state index contributed by atoms with van der Waals surface area (Å²) >= 11 is 0. The summed E-state index contributed by atoms with van der Waals surface area (Å²) in [6, 6.07) is 6.71. The Morgan fingerprint density at radius 1 is 1.37 bits per heavy atom. The van der Waals surface area contributed by atoms with Crippen molar-refractivity contribution in [3.05, 3.63) is 35.9 Å². The quantitative estimate of drug-likeness (QED) is 0.545. The van der Waals surface area contributed by atoms with E-state index in [2.05, 4.69) is 17.6 Å². The van der Waals surface area contributed by atoms with Gasteiger partial charge in [0.2, 0.25) is 0 Å². The van der Waals surface area contributed by atoms with Crippen LogP contribution in [0.2, 0.25) is 0 Å². The lowest BCUT2D eigenvalue weighted by Crippen LogP contribution is -2.29. The molecule has 0 atom stereocenters. The smallest absolute Gasteiger partial charge is 0.328 e. The first-order valence-electron chi connectivity index (χ1n) is 6.17. The Bertz CT molecular complexity index is 470. The number of amides is 2. The van der Waals surface area contributed by atoms with Gasteiger partial charge in [-0.25, -0.2) is 9.59 Å². The van der Waals surface area contributed by atoms with E-state index >= 15 is 0 Å². The van der Waals surface area contributed by atoms with Gasteiger partial charge in [0.1, 0.15) is 0 Å². The van der Waals surface area contributed by atoms with E-state index in [-0.39, 0.29) is 6.03 Å². The highest BCUT2D eigenvalue weighted by Crippen LogP contribution is 2.11. The molecule has 102 valence electrons. The summed E-state index contributed by atoms with van der Waals surface area (Å²) in [4.78, 5) is 21.9. The minimum Gasteiger partial charge on any atom is -0.478 e. The molecule has 0 aromatic heterocycles. The number of rotatable bonds is 6. The Morgan fingerprint density at radius 3 is 2.84 bits per heavy atom. The average molecular weight is 262 g/mol. The zero-order chi connectivity index (χ0) is 14.1. The van der Waals surface area contributed by atoms with Gasteiger partial charge in [0.25, 0.3) is 0 Å². The van der Waals surface area contributed by atoms with Crippen LogP contribution in [0.3, 0.4) is 0 Å². The van der Waals surface area contributed by atoms with Gasteiger partial charge in [-0.05, 0) is 30.2 Å². The Kier molecular flexibility index (Phi) is 6.15.